The molecule has 98 valence electrons. The Balaban J connectivity index is 2.69. The van der Waals surface area contributed by atoms with Crippen molar-refractivity contribution in [2.45, 2.75) is 30.9 Å². The van der Waals surface area contributed by atoms with Crippen molar-refractivity contribution >= 4 is 23.7 Å². The maximum atomic E-state index is 11.7. The summed E-state index contributed by atoms with van der Waals surface area (Å²) in [6, 6.07) is 5.63. The number of hydrogen-bond donors (Lipinski definition) is 2. The van der Waals surface area contributed by atoms with Crippen LogP contribution in [-0.4, -0.2) is 24.2 Å². The van der Waals surface area contributed by atoms with Gasteiger partial charge in [-0.2, -0.15) is 0 Å². The Morgan fingerprint density at radius 3 is 2.56 bits per heavy atom. The van der Waals surface area contributed by atoms with Crippen LogP contribution in [0.25, 0.3) is 0 Å². The van der Waals surface area contributed by atoms with Crippen molar-refractivity contribution in [2.24, 2.45) is 0 Å². The number of benzene rings is 1. The topological polar surface area (TPSA) is 58.2 Å². The summed E-state index contributed by atoms with van der Waals surface area (Å²) in [6.45, 7) is 5.80. The normalized spacial score (nSPS) is 11.8. The third kappa shape index (κ3) is 4.07. The molecule has 0 saturated carbocycles. The minimum absolute atomic E-state index is 0.291. The number of nitrogens with one attached hydrogen (secondary N) is 2. The highest BCUT2D eigenvalue weighted by molar-refractivity contribution is 8.00. The van der Waals surface area contributed by atoms with Gasteiger partial charge in [-0.15, -0.1) is 11.8 Å². The number of amides is 3. The molecule has 0 bridgehead atoms. The standard InChI is InChI=1S/C13H18N2O2S/c1-8-5-6-9(2)11(7-8)18-10(3)12(16)15-13(17)14-4/h5-7,10H,1-4H3,(H2,14,15,16,17). The molecule has 2 N–H and O–H groups in total. The molecule has 0 aliphatic rings. The van der Waals surface area contributed by atoms with Gasteiger partial charge in [0.25, 0.3) is 0 Å². The molecule has 0 aliphatic heterocycles. The lowest BCUT2D eigenvalue weighted by molar-refractivity contribution is -0.119. The van der Waals surface area contributed by atoms with E-state index in [1.54, 1.807) is 6.92 Å². The van der Waals surface area contributed by atoms with E-state index >= 15 is 0 Å². The van der Waals surface area contributed by atoms with E-state index in [4.69, 9.17) is 0 Å². The Hall–Kier alpha value is -1.49. The second-order valence-electron chi connectivity index (χ2n) is 4.10. The van der Waals surface area contributed by atoms with Crippen molar-refractivity contribution in [3.8, 4) is 0 Å². The van der Waals surface area contributed by atoms with Gasteiger partial charge in [-0.1, -0.05) is 17.7 Å². The Morgan fingerprint density at radius 2 is 1.94 bits per heavy atom. The fourth-order valence-electron chi connectivity index (χ4n) is 1.35. The lowest BCUT2D eigenvalue weighted by Crippen LogP contribution is -2.41. The summed E-state index contributed by atoms with van der Waals surface area (Å²) in [5, 5.41) is 4.31. The summed E-state index contributed by atoms with van der Waals surface area (Å²) in [5.74, 6) is -0.291. The number of thioether (sulfide) groups is 1. The molecule has 18 heavy (non-hydrogen) atoms. The molecular weight excluding hydrogens is 248 g/mol. The van der Waals surface area contributed by atoms with E-state index in [2.05, 4.69) is 10.6 Å². The Kier molecular flexibility index (Phi) is 5.22. The highest BCUT2D eigenvalue weighted by atomic mass is 32.2. The molecule has 1 aromatic rings. The maximum absolute atomic E-state index is 11.7. The van der Waals surface area contributed by atoms with Crippen LogP contribution < -0.4 is 10.6 Å². The van der Waals surface area contributed by atoms with Gasteiger partial charge < -0.3 is 5.32 Å². The second kappa shape index (κ2) is 6.44. The molecule has 0 saturated heterocycles. The largest absolute Gasteiger partial charge is 0.341 e. The Bertz CT molecular complexity index is 460. The fourth-order valence-corrected chi connectivity index (χ4v) is 2.41. The molecule has 3 amide bonds. The Labute approximate surface area is 112 Å². The highest BCUT2D eigenvalue weighted by Crippen LogP contribution is 2.27. The van der Waals surface area contributed by atoms with Gasteiger partial charge in [0.1, 0.15) is 0 Å². The van der Waals surface area contributed by atoms with E-state index in [1.165, 1.54) is 18.8 Å². The Morgan fingerprint density at radius 1 is 1.28 bits per heavy atom. The van der Waals surface area contributed by atoms with Crippen LogP contribution in [0.2, 0.25) is 0 Å². The summed E-state index contributed by atoms with van der Waals surface area (Å²) >= 11 is 1.45. The second-order valence-corrected chi connectivity index (χ2v) is 5.48. The quantitative estimate of drug-likeness (QED) is 0.825. The third-order valence-corrected chi connectivity index (χ3v) is 3.74. The van der Waals surface area contributed by atoms with Gasteiger partial charge in [0.05, 0.1) is 5.25 Å². The van der Waals surface area contributed by atoms with Crippen molar-refractivity contribution in [3.05, 3.63) is 29.3 Å². The molecule has 1 rings (SSSR count). The summed E-state index contributed by atoms with van der Waals surface area (Å²) in [4.78, 5) is 23.8. The first kappa shape index (κ1) is 14.6. The predicted octanol–water partition coefficient (Wildman–Crippen LogP) is 2.24. The lowest BCUT2D eigenvalue weighted by Gasteiger charge is -2.13. The monoisotopic (exact) mass is 266 g/mol. The van der Waals surface area contributed by atoms with Crippen molar-refractivity contribution in [3.63, 3.8) is 0 Å². The van der Waals surface area contributed by atoms with Gasteiger partial charge in [0.15, 0.2) is 0 Å². The van der Waals surface area contributed by atoms with Crippen LogP contribution in [0.4, 0.5) is 4.79 Å². The predicted molar refractivity (Wildman–Crippen MR) is 73.8 cm³/mol. The molecule has 0 spiro atoms. The van der Waals surface area contributed by atoms with Crippen LogP contribution in [0.1, 0.15) is 18.1 Å². The van der Waals surface area contributed by atoms with Gasteiger partial charge >= 0.3 is 6.03 Å². The van der Waals surface area contributed by atoms with Crippen LogP contribution in [0.5, 0.6) is 0 Å². The zero-order chi connectivity index (χ0) is 13.7. The number of hydrogen-bond acceptors (Lipinski definition) is 3. The summed E-state index contributed by atoms with van der Waals surface area (Å²) < 4.78 is 0. The number of aryl methyl sites for hydroxylation is 2. The average Bonchev–Trinajstić information content (AvgIpc) is 2.33. The molecule has 1 atom stereocenters. The van der Waals surface area contributed by atoms with Crippen LogP contribution in [0.3, 0.4) is 0 Å². The SMILES string of the molecule is CNC(=O)NC(=O)C(C)Sc1cc(C)ccc1C. The molecule has 0 radical (unpaired) electrons. The van der Waals surface area contributed by atoms with Crippen molar-refractivity contribution in [1.82, 2.24) is 10.6 Å². The molecular formula is C13H18N2O2S. The first-order chi connectivity index (χ1) is 8.43. The third-order valence-electron chi connectivity index (χ3n) is 2.48. The average molecular weight is 266 g/mol. The zero-order valence-corrected chi connectivity index (χ0v) is 11.9. The molecule has 4 nitrogen and oxygen atoms in total. The van der Waals surface area contributed by atoms with Gasteiger partial charge in [-0.25, -0.2) is 4.79 Å². The molecule has 0 fully saturated rings. The molecule has 0 aliphatic carbocycles. The smallest absolute Gasteiger partial charge is 0.321 e. The molecule has 0 heterocycles. The summed E-state index contributed by atoms with van der Waals surface area (Å²) in [6.07, 6.45) is 0. The van der Waals surface area contributed by atoms with E-state index in [9.17, 15) is 9.59 Å². The van der Waals surface area contributed by atoms with E-state index in [1.807, 2.05) is 32.0 Å². The summed E-state index contributed by atoms with van der Waals surface area (Å²) in [7, 11) is 1.48. The van der Waals surface area contributed by atoms with Crippen molar-refractivity contribution in [1.29, 1.82) is 0 Å². The minimum Gasteiger partial charge on any atom is -0.341 e. The highest BCUT2D eigenvalue weighted by Gasteiger charge is 2.17. The number of carbonyl (C=O) groups is 2. The van der Waals surface area contributed by atoms with Crippen LogP contribution in [0, 0.1) is 13.8 Å². The van der Waals surface area contributed by atoms with Crippen molar-refractivity contribution < 1.29 is 9.59 Å². The van der Waals surface area contributed by atoms with Gasteiger partial charge in [-0.3, -0.25) is 10.1 Å². The summed E-state index contributed by atoms with van der Waals surface area (Å²) in [5.41, 5.74) is 2.28. The molecule has 0 aromatic heterocycles. The van der Waals surface area contributed by atoms with E-state index < -0.39 is 6.03 Å². The molecule has 5 heteroatoms. The van der Waals surface area contributed by atoms with E-state index in [0.29, 0.717) is 0 Å². The van der Waals surface area contributed by atoms with Crippen LogP contribution >= 0.6 is 11.8 Å². The van der Waals surface area contributed by atoms with Crippen molar-refractivity contribution in [2.75, 3.05) is 7.05 Å². The maximum Gasteiger partial charge on any atom is 0.321 e. The van der Waals surface area contributed by atoms with Gasteiger partial charge in [-0.05, 0) is 32.4 Å². The van der Waals surface area contributed by atoms with Gasteiger partial charge in [0.2, 0.25) is 5.91 Å². The minimum atomic E-state index is -0.478. The van der Waals surface area contributed by atoms with Crippen LogP contribution in [-0.2, 0) is 4.79 Å². The lowest BCUT2D eigenvalue weighted by atomic mass is 10.2. The number of rotatable bonds is 3. The van der Waals surface area contributed by atoms with E-state index in [0.717, 1.165) is 16.0 Å². The number of carbonyl (C=O) groups excluding carboxylic acids is 2. The molecule has 1 unspecified atom stereocenters. The number of imide groups is 1. The van der Waals surface area contributed by atoms with Gasteiger partial charge in [0, 0.05) is 11.9 Å². The van der Waals surface area contributed by atoms with Crippen LogP contribution in [0.15, 0.2) is 23.1 Å². The number of urea groups is 1. The first-order valence-corrected chi connectivity index (χ1v) is 6.58. The van der Waals surface area contributed by atoms with E-state index in [-0.39, 0.29) is 11.2 Å². The first-order valence-electron chi connectivity index (χ1n) is 5.70. The molecule has 1 aromatic carbocycles. The zero-order valence-electron chi connectivity index (χ0n) is 11.0. The fraction of sp³-hybridized carbons (Fsp3) is 0.385.